The summed E-state index contributed by atoms with van der Waals surface area (Å²) in [7, 11) is 0. The number of halogens is 1. The number of hydrogen-bond donors (Lipinski definition) is 2. The van der Waals surface area contributed by atoms with E-state index in [0.29, 0.717) is 19.5 Å². The Morgan fingerprint density at radius 2 is 1.89 bits per heavy atom. The molecule has 4 aromatic rings. The molecule has 0 bridgehead atoms. The number of amides is 1. The number of fused-ring (bicyclic) bond motifs is 1. The zero-order valence-electron chi connectivity index (χ0n) is 20.7. The maximum atomic E-state index is 13.3. The number of rotatable bonds is 11. The van der Waals surface area contributed by atoms with Crippen molar-refractivity contribution in [3.8, 4) is 0 Å². The number of hydrogen-bond acceptors (Lipinski definition) is 5. The Morgan fingerprint density at radius 1 is 1.14 bits per heavy atom. The quantitative estimate of drug-likeness (QED) is 0.329. The maximum absolute atomic E-state index is 13.3. The molecule has 0 aliphatic rings. The van der Waals surface area contributed by atoms with Gasteiger partial charge in [0.1, 0.15) is 17.2 Å². The van der Waals surface area contributed by atoms with Gasteiger partial charge in [0.05, 0.1) is 19.2 Å². The largest absolute Gasteiger partial charge is 0.395 e. The zero-order chi connectivity index (χ0) is 25.5. The van der Waals surface area contributed by atoms with Crippen LogP contribution in [-0.4, -0.2) is 45.2 Å². The molecule has 7 nitrogen and oxygen atoms in total. The van der Waals surface area contributed by atoms with Crippen LogP contribution in [0.25, 0.3) is 11.2 Å². The molecule has 2 heterocycles. The molecule has 0 aliphatic heterocycles. The molecule has 4 rings (SSSR count). The Balaban J connectivity index is 1.41. The number of pyridine rings is 1. The van der Waals surface area contributed by atoms with E-state index < -0.39 is 0 Å². The third-order valence-corrected chi connectivity index (χ3v) is 6.30. The van der Waals surface area contributed by atoms with Crippen molar-refractivity contribution in [3.05, 3.63) is 89.6 Å². The number of anilines is 1. The predicted octanol–water partition coefficient (Wildman–Crippen LogP) is 4.25. The Morgan fingerprint density at radius 3 is 2.58 bits per heavy atom. The summed E-state index contributed by atoms with van der Waals surface area (Å²) in [4.78, 5) is 24.1. The Hall–Kier alpha value is -3.78. The molecule has 0 radical (unpaired) electrons. The van der Waals surface area contributed by atoms with Gasteiger partial charge in [-0.15, -0.1) is 0 Å². The fraction of sp³-hybridized carbons (Fsp3) is 0.321. The lowest BCUT2D eigenvalue weighted by Crippen LogP contribution is -2.28. The number of aryl methyl sites for hydroxylation is 1. The van der Waals surface area contributed by atoms with Gasteiger partial charge in [0, 0.05) is 37.8 Å². The number of nitrogens with zero attached hydrogens (tertiary/aromatic N) is 4. The molecule has 2 aromatic heterocycles. The minimum Gasteiger partial charge on any atom is -0.395 e. The van der Waals surface area contributed by atoms with Gasteiger partial charge in [-0.05, 0) is 61.4 Å². The molecule has 0 spiro atoms. The van der Waals surface area contributed by atoms with Crippen molar-refractivity contribution in [2.45, 2.75) is 39.3 Å². The molecule has 188 valence electrons. The minimum absolute atomic E-state index is 0.0598. The lowest BCUT2D eigenvalue weighted by atomic mass is 10.1. The second-order valence-corrected chi connectivity index (χ2v) is 8.77. The molecule has 0 saturated heterocycles. The number of aromatic nitrogens is 3. The van der Waals surface area contributed by atoms with Crippen LogP contribution in [0.15, 0.2) is 66.9 Å². The molecule has 0 fully saturated rings. The van der Waals surface area contributed by atoms with Crippen molar-refractivity contribution in [2.75, 3.05) is 24.6 Å². The van der Waals surface area contributed by atoms with Gasteiger partial charge in [-0.2, -0.15) is 0 Å². The van der Waals surface area contributed by atoms with E-state index >= 15 is 0 Å². The lowest BCUT2D eigenvalue weighted by Gasteiger charge is -2.23. The molecule has 1 unspecified atom stereocenters. The van der Waals surface area contributed by atoms with Crippen LogP contribution in [0.2, 0.25) is 0 Å². The van der Waals surface area contributed by atoms with E-state index in [4.69, 9.17) is 4.98 Å². The monoisotopic (exact) mass is 489 g/mol. The Kier molecular flexibility index (Phi) is 8.28. The Labute approximate surface area is 210 Å². The molecular weight excluding hydrogens is 457 g/mol. The van der Waals surface area contributed by atoms with Crippen molar-refractivity contribution in [2.24, 2.45) is 0 Å². The van der Waals surface area contributed by atoms with Crippen LogP contribution in [0, 0.1) is 5.82 Å². The van der Waals surface area contributed by atoms with Crippen LogP contribution >= 0.6 is 0 Å². The van der Waals surface area contributed by atoms with Crippen LogP contribution in [0.4, 0.5) is 10.1 Å². The van der Waals surface area contributed by atoms with Gasteiger partial charge < -0.3 is 19.9 Å². The van der Waals surface area contributed by atoms with Gasteiger partial charge in [0.2, 0.25) is 5.91 Å². The number of nitrogens with one attached hydrogen (secondary N) is 1. The Bertz CT molecular complexity index is 1290. The highest BCUT2D eigenvalue weighted by atomic mass is 19.1. The summed E-state index contributed by atoms with van der Waals surface area (Å²) in [5.74, 6) is 0.431. The van der Waals surface area contributed by atoms with Gasteiger partial charge >= 0.3 is 0 Å². The standard InChI is InChI=1S/C28H32FN5O2/c1-3-33(17-18-35)24-12-8-22(9-13-24)20(2)31-27(36)15-14-26-32-25-5-4-16-30-28(25)34(26)19-21-6-10-23(29)11-7-21/h4-13,16,20,35H,3,14-15,17-19H2,1-2H3,(H,31,36). The molecular formula is C28H32FN5O2. The third kappa shape index (κ3) is 6.07. The number of aliphatic hydroxyl groups is 1. The predicted molar refractivity (Wildman–Crippen MR) is 139 cm³/mol. The second kappa shape index (κ2) is 11.8. The summed E-state index contributed by atoms with van der Waals surface area (Å²) < 4.78 is 15.3. The first-order valence-corrected chi connectivity index (χ1v) is 12.3. The average molecular weight is 490 g/mol. The van der Waals surface area contributed by atoms with Crippen LogP contribution in [0.1, 0.15) is 43.3 Å². The minimum atomic E-state index is -0.277. The topological polar surface area (TPSA) is 83.3 Å². The first kappa shape index (κ1) is 25.3. The van der Waals surface area contributed by atoms with Crippen LogP contribution in [0.5, 0.6) is 0 Å². The van der Waals surface area contributed by atoms with Crippen LogP contribution in [0.3, 0.4) is 0 Å². The summed E-state index contributed by atoms with van der Waals surface area (Å²) in [6.07, 6.45) is 2.47. The van der Waals surface area contributed by atoms with E-state index in [9.17, 15) is 14.3 Å². The van der Waals surface area contributed by atoms with E-state index in [2.05, 4.69) is 22.1 Å². The molecule has 36 heavy (non-hydrogen) atoms. The van der Waals surface area contributed by atoms with Crippen molar-refractivity contribution < 1.29 is 14.3 Å². The number of benzene rings is 2. The summed E-state index contributed by atoms with van der Waals surface area (Å²) in [5.41, 5.74) is 4.51. The second-order valence-electron chi connectivity index (χ2n) is 8.77. The number of aliphatic hydroxyl groups excluding tert-OH is 1. The normalized spacial score (nSPS) is 12.0. The number of likely N-dealkylation sites (N-methyl/N-ethyl adjacent to an activating group) is 1. The van der Waals surface area contributed by atoms with Gasteiger partial charge in [-0.25, -0.2) is 14.4 Å². The van der Waals surface area contributed by atoms with Crippen molar-refractivity contribution in [1.82, 2.24) is 19.9 Å². The highest BCUT2D eigenvalue weighted by Crippen LogP contribution is 2.20. The molecule has 0 saturated carbocycles. The average Bonchev–Trinajstić information content (AvgIpc) is 3.24. The van der Waals surface area contributed by atoms with Crippen LogP contribution < -0.4 is 10.2 Å². The first-order valence-electron chi connectivity index (χ1n) is 12.3. The zero-order valence-corrected chi connectivity index (χ0v) is 20.7. The van der Waals surface area contributed by atoms with E-state index in [1.807, 2.05) is 47.9 Å². The summed E-state index contributed by atoms with van der Waals surface area (Å²) >= 11 is 0. The molecule has 2 aromatic carbocycles. The van der Waals surface area contributed by atoms with Crippen LogP contribution in [-0.2, 0) is 17.8 Å². The third-order valence-electron chi connectivity index (χ3n) is 6.30. The van der Waals surface area contributed by atoms with E-state index in [0.717, 1.165) is 40.3 Å². The molecule has 1 amide bonds. The SMILES string of the molecule is CCN(CCO)c1ccc(C(C)NC(=O)CCc2nc3cccnc3n2Cc2ccc(F)cc2)cc1. The van der Waals surface area contributed by atoms with Crippen molar-refractivity contribution in [1.29, 1.82) is 0 Å². The smallest absolute Gasteiger partial charge is 0.220 e. The van der Waals surface area contributed by atoms with E-state index in [-0.39, 0.29) is 30.8 Å². The first-order chi connectivity index (χ1) is 17.5. The van der Waals surface area contributed by atoms with E-state index in [1.54, 1.807) is 18.3 Å². The summed E-state index contributed by atoms with van der Waals surface area (Å²) in [6.45, 7) is 6.02. The van der Waals surface area contributed by atoms with Gasteiger partial charge in [0.15, 0.2) is 5.65 Å². The van der Waals surface area contributed by atoms with Gasteiger partial charge in [-0.3, -0.25) is 4.79 Å². The van der Waals surface area contributed by atoms with Crippen molar-refractivity contribution >= 4 is 22.8 Å². The molecule has 1 atom stereocenters. The highest BCUT2D eigenvalue weighted by molar-refractivity contribution is 5.77. The maximum Gasteiger partial charge on any atom is 0.220 e. The fourth-order valence-corrected chi connectivity index (χ4v) is 4.32. The summed E-state index contributed by atoms with van der Waals surface area (Å²) in [6, 6.07) is 18.0. The number of carbonyl (C=O) groups is 1. The van der Waals surface area contributed by atoms with E-state index in [1.165, 1.54) is 12.1 Å². The van der Waals surface area contributed by atoms with Crippen molar-refractivity contribution in [3.63, 3.8) is 0 Å². The molecule has 8 heteroatoms. The summed E-state index contributed by atoms with van der Waals surface area (Å²) in [5, 5.41) is 12.3. The van der Waals surface area contributed by atoms with Gasteiger partial charge in [0.25, 0.3) is 0 Å². The lowest BCUT2D eigenvalue weighted by molar-refractivity contribution is -0.121. The molecule has 2 N–H and O–H groups in total. The highest BCUT2D eigenvalue weighted by Gasteiger charge is 2.16. The fourth-order valence-electron chi connectivity index (χ4n) is 4.32. The van der Waals surface area contributed by atoms with Gasteiger partial charge in [-0.1, -0.05) is 24.3 Å². The number of imidazole rings is 1. The molecule has 0 aliphatic carbocycles. The number of carbonyl (C=O) groups excluding carboxylic acids is 1.